The van der Waals surface area contributed by atoms with Crippen molar-refractivity contribution in [3.63, 3.8) is 0 Å². The molecule has 108 valence electrons. The molecule has 2 heterocycles. The number of carbonyl (C=O) groups excluding carboxylic acids is 1. The molecule has 1 N–H and O–H groups in total. The normalized spacial score (nSPS) is 23.4. The Bertz CT molecular complexity index is 519. The highest BCUT2D eigenvalue weighted by Gasteiger charge is 2.36. The Morgan fingerprint density at radius 3 is 2.65 bits per heavy atom. The maximum atomic E-state index is 12.6. The van der Waals surface area contributed by atoms with Crippen LogP contribution in [0.5, 0.6) is 0 Å². The molecule has 1 saturated heterocycles. The Morgan fingerprint density at radius 2 is 1.95 bits per heavy atom. The van der Waals surface area contributed by atoms with Gasteiger partial charge < -0.3 is 10.0 Å². The van der Waals surface area contributed by atoms with Gasteiger partial charge in [0.1, 0.15) is 11.7 Å². The van der Waals surface area contributed by atoms with Crippen LogP contribution in [0.4, 0.5) is 0 Å². The molecular weight excluding hydrogens is 258 g/mol. The van der Waals surface area contributed by atoms with Gasteiger partial charge in [0.25, 0.3) is 5.91 Å². The van der Waals surface area contributed by atoms with Gasteiger partial charge in [-0.3, -0.25) is 9.48 Å². The van der Waals surface area contributed by atoms with E-state index in [1.165, 1.54) is 17.7 Å². The molecule has 0 aromatic carbocycles. The summed E-state index contributed by atoms with van der Waals surface area (Å²) in [7, 11) is 0. The summed E-state index contributed by atoms with van der Waals surface area (Å²) in [4.78, 5) is 25.3. The summed E-state index contributed by atoms with van der Waals surface area (Å²) in [5.74, 6) is -1.11. The molecule has 20 heavy (non-hydrogen) atoms. The number of aliphatic carboxylic acids is 1. The first-order valence-corrected chi connectivity index (χ1v) is 7.26. The van der Waals surface area contributed by atoms with Crippen molar-refractivity contribution in [2.75, 3.05) is 6.54 Å². The summed E-state index contributed by atoms with van der Waals surface area (Å²) in [5, 5.41) is 13.5. The van der Waals surface area contributed by atoms with E-state index in [1.54, 1.807) is 16.9 Å². The number of carbonyl (C=O) groups is 2. The summed E-state index contributed by atoms with van der Waals surface area (Å²) >= 11 is 0. The Morgan fingerprint density at radius 1 is 1.20 bits per heavy atom. The van der Waals surface area contributed by atoms with Crippen LogP contribution in [0, 0.1) is 0 Å². The lowest BCUT2D eigenvalue weighted by Crippen LogP contribution is -2.41. The van der Waals surface area contributed by atoms with Gasteiger partial charge in [0.2, 0.25) is 0 Å². The molecule has 1 aliphatic carbocycles. The number of carboxylic acids is 1. The highest BCUT2D eigenvalue weighted by molar-refractivity contribution is 5.95. The number of hydrogen-bond acceptors (Lipinski definition) is 3. The Labute approximate surface area is 117 Å². The number of aromatic nitrogens is 2. The predicted molar refractivity (Wildman–Crippen MR) is 71.4 cm³/mol. The second-order valence-corrected chi connectivity index (χ2v) is 5.59. The van der Waals surface area contributed by atoms with Crippen molar-refractivity contribution in [3.8, 4) is 0 Å². The van der Waals surface area contributed by atoms with Crippen LogP contribution in [0.3, 0.4) is 0 Å². The molecule has 0 bridgehead atoms. The molecule has 6 heteroatoms. The van der Waals surface area contributed by atoms with Crippen molar-refractivity contribution in [3.05, 3.63) is 18.0 Å². The zero-order valence-corrected chi connectivity index (χ0v) is 11.4. The lowest BCUT2D eigenvalue weighted by molar-refractivity contribution is -0.141. The van der Waals surface area contributed by atoms with Crippen LogP contribution in [0.25, 0.3) is 0 Å². The molecule has 2 fully saturated rings. The molecular formula is C14H19N3O3. The molecule has 0 radical (unpaired) electrons. The smallest absolute Gasteiger partial charge is 0.326 e. The molecule has 1 saturated carbocycles. The van der Waals surface area contributed by atoms with Gasteiger partial charge >= 0.3 is 5.97 Å². The van der Waals surface area contributed by atoms with Crippen molar-refractivity contribution < 1.29 is 14.7 Å². The number of likely N-dealkylation sites (tertiary alicyclic amines) is 1. The average molecular weight is 277 g/mol. The van der Waals surface area contributed by atoms with Crippen LogP contribution in [0.2, 0.25) is 0 Å². The quantitative estimate of drug-likeness (QED) is 0.912. The third-order valence-corrected chi connectivity index (χ3v) is 4.36. The third kappa shape index (κ3) is 2.19. The molecule has 0 unspecified atom stereocenters. The SMILES string of the molecule is O=C(O)[C@H]1CCCN1C(=O)c1ccnn1C1CCCC1. The fourth-order valence-corrected chi connectivity index (χ4v) is 3.34. The second-order valence-electron chi connectivity index (χ2n) is 5.59. The maximum absolute atomic E-state index is 12.6. The fourth-order valence-electron chi connectivity index (χ4n) is 3.34. The monoisotopic (exact) mass is 277 g/mol. The first kappa shape index (κ1) is 13.1. The van der Waals surface area contributed by atoms with Gasteiger partial charge in [0.05, 0.1) is 6.04 Å². The predicted octanol–water partition coefficient (Wildman–Crippen LogP) is 1.69. The second kappa shape index (κ2) is 5.26. The summed E-state index contributed by atoms with van der Waals surface area (Å²) in [6.07, 6.45) is 7.35. The van der Waals surface area contributed by atoms with Gasteiger partial charge in [-0.15, -0.1) is 0 Å². The molecule has 3 rings (SSSR count). The van der Waals surface area contributed by atoms with E-state index in [0.717, 1.165) is 19.3 Å². The standard InChI is InChI=1S/C14H19N3O3/c18-13(16-9-3-6-12(16)14(19)20)11-7-8-15-17(11)10-4-1-2-5-10/h7-8,10,12H,1-6,9H2,(H,19,20)/t12-/m1/s1. The molecule has 1 atom stereocenters. The molecule has 2 aliphatic rings. The highest BCUT2D eigenvalue weighted by atomic mass is 16.4. The van der Waals surface area contributed by atoms with Crippen LogP contribution < -0.4 is 0 Å². The van der Waals surface area contributed by atoms with Gasteiger partial charge in [-0.25, -0.2) is 4.79 Å². The van der Waals surface area contributed by atoms with Crippen molar-refractivity contribution in [2.24, 2.45) is 0 Å². The summed E-state index contributed by atoms with van der Waals surface area (Å²) in [5.41, 5.74) is 0.532. The van der Waals surface area contributed by atoms with Crippen LogP contribution in [0.15, 0.2) is 12.3 Å². The Hall–Kier alpha value is -1.85. The van der Waals surface area contributed by atoms with E-state index in [0.29, 0.717) is 18.7 Å². The third-order valence-electron chi connectivity index (χ3n) is 4.36. The van der Waals surface area contributed by atoms with Crippen molar-refractivity contribution in [1.82, 2.24) is 14.7 Å². The van der Waals surface area contributed by atoms with Crippen molar-refractivity contribution in [2.45, 2.75) is 50.6 Å². The van der Waals surface area contributed by atoms with E-state index in [9.17, 15) is 14.7 Å². The molecule has 1 amide bonds. The molecule has 6 nitrogen and oxygen atoms in total. The Balaban J connectivity index is 1.84. The van der Waals surface area contributed by atoms with E-state index >= 15 is 0 Å². The van der Waals surface area contributed by atoms with Crippen LogP contribution in [0.1, 0.15) is 55.1 Å². The number of nitrogens with zero attached hydrogens (tertiary/aromatic N) is 3. The van der Waals surface area contributed by atoms with Gasteiger partial charge in [0, 0.05) is 12.7 Å². The van der Waals surface area contributed by atoms with Crippen molar-refractivity contribution in [1.29, 1.82) is 0 Å². The lowest BCUT2D eigenvalue weighted by atomic mass is 10.2. The van der Waals surface area contributed by atoms with E-state index in [-0.39, 0.29) is 11.9 Å². The van der Waals surface area contributed by atoms with Gasteiger partial charge in [-0.05, 0) is 31.7 Å². The molecule has 0 spiro atoms. The zero-order valence-electron chi connectivity index (χ0n) is 11.4. The maximum Gasteiger partial charge on any atom is 0.326 e. The zero-order chi connectivity index (χ0) is 14.1. The molecule has 1 aliphatic heterocycles. The minimum absolute atomic E-state index is 0.195. The summed E-state index contributed by atoms with van der Waals surface area (Å²) < 4.78 is 1.80. The average Bonchev–Trinajstić information content (AvgIpc) is 3.17. The largest absolute Gasteiger partial charge is 0.480 e. The molecule has 1 aromatic rings. The number of amides is 1. The van der Waals surface area contributed by atoms with E-state index < -0.39 is 12.0 Å². The number of hydrogen-bond donors (Lipinski definition) is 1. The minimum atomic E-state index is -0.914. The summed E-state index contributed by atoms with van der Waals surface area (Å²) in [6, 6.07) is 1.31. The van der Waals surface area contributed by atoms with Crippen LogP contribution >= 0.6 is 0 Å². The van der Waals surface area contributed by atoms with E-state index in [1.807, 2.05) is 0 Å². The minimum Gasteiger partial charge on any atom is -0.480 e. The van der Waals surface area contributed by atoms with Gasteiger partial charge in [-0.2, -0.15) is 5.10 Å². The topological polar surface area (TPSA) is 75.4 Å². The molecule has 1 aromatic heterocycles. The fraction of sp³-hybridized carbons (Fsp3) is 0.643. The van der Waals surface area contributed by atoms with Crippen molar-refractivity contribution >= 4 is 11.9 Å². The van der Waals surface area contributed by atoms with E-state index in [2.05, 4.69) is 5.10 Å². The van der Waals surface area contributed by atoms with Crippen LogP contribution in [-0.2, 0) is 4.79 Å². The van der Waals surface area contributed by atoms with Gasteiger partial charge in [0.15, 0.2) is 0 Å². The van der Waals surface area contributed by atoms with Crippen LogP contribution in [-0.4, -0.2) is 44.3 Å². The number of carboxylic acid groups (broad SMARTS) is 1. The summed E-state index contributed by atoms with van der Waals surface area (Å²) in [6.45, 7) is 0.519. The van der Waals surface area contributed by atoms with Gasteiger partial charge in [-0.1, -0.05) is 12.8 Å². The number of rotatable bonds is 3. The first-order chi connectivity index (χ1) is 9.68. The lowest BCUT2D eigenvalue weighted by Gasteiger charge is -2.23. The van der Waals surface area contributed by atoms with E-state index in [4.69, 9.17) is 0 Å². The first-order valence-electron chi connectivity index (χ1n) is 7.26. The highest BCUT2D eigenvalue weighted by Crippen LogP contribution is 2.30. The Kier molecular flexibility index (Phi) is 3.46.